The van der Waals surface area contributed by atoms with Gasteiger partial charge in [0.05, 0.1) is 28.2 Å². The summed E-state index contributed by atoms with van der Waals surface area (Å²) in [5, 5.41) is 6.17. The van der Waals surface area contributed by atoms with E-state index in [-0.39, 0.29) is 34.4 Å². The first-order valence-electron chi connectivity index (χ1n) is 10.3. The third-order valence-corrected chi connectivity index (χ3v) is 7.22. The minimum Gasteiger partial charge on any atom is -0.375 e. The Hall–Kier alpha value is -2.78. The van der Waals surface area contributed by atoms with Crippen molar-refractivity contribution in [2.75, 3.05) is 17.7 Å². The summed E-state index contributed by atoms with van der Waals surface area (Å²) in [6.07, 6.45) is 1.43. The molecule has 1 saturated heterocycles. The van der Waals surface area contributed by atoms with Crippen molar-refractivity contribution in [3.05, 3.63) is 62.2 Å². The first-order chi connectivity index (χ1) is 14.8. The summed E-state index contributed by atoms with van der Waals surface area (Å²) in [7, 11) is 0. The fourth-order valence-electron chi connectivity index (χ4n) is 4.54. The average molecular weight is 441 g/mol. The molecule has 1 fully saturated rings. The van der Waals surface area contributed by atoms with Gasteiger partial charge >= 0.3 is 0 Å². The SMILES string of the molecule is CC1(C)C[C@H](n2[nH]c(=O)c3c2NC(=O)CS[C@H]3c2cc3ccccc3[nH]c2=O)CCO1. The van der Waals surface area contributed by atoms with Gasteiger partial charge in [-0.1, -0.05) is 18.2 Å². The highest BCUT2D eigenvalue weighted by Crippen LogP contribution is 2.41. The highest BCUT2D eigenvalue weighted by molar-refractivity contribution is 8.00. The number of ether oxygens (including phenoxy) is 1. The summed E-state index contributed by atoms with van der Waals surface area (Å²) in [4.78, 5) is 41.5. The molecule has 2 aliphatic rings. The van der Waals surface area contributed by atoms with Crippen molar-refractivity contribution < 1.29 is 9.53 Å². The molecule has 0 unspecified atom stereocenters. The Balaban J connectivity index is 1.66. The summed E-state index contributed by atoms with van der Waals surface area (Å²) < 4.78 is 7.59. The Kier molecular flexibility index (Phi) is 4.82. The quantitative estimate of drug-likeness (QED) is 0.568. The number of nitrogens with one attached hydrogen (secondary N) is 3. The molecule has 3 aromatic rings. The van der Waals surface area contributed by atoms with E-state index in [9.17, 15) is 14.4 Å². The molecule has 4 heterocycles. The highest BCUT2D eigenvalue weighted by Gasteiger charge is 2.36. The van der Waals surface area contributed by atoms with E-state index in [0.717, 1.165) is 17.3 Å². The van der Waals surface area contributed by atoms with Gasteiger partial charge in [0, 0.05) is 17.7 Å². The molecule has 1 aromatic carbocycles. The maximum absolute atomic E-state index is 13.1. The second-order valence-electron chi connectivity index (χ2n) is 8.71. The smallest absolute Gasteiger partial charge is 0.270 e. The number of pyridine rings is 1. The number of rotatable bonds is 2. The summed E-state index contributed by atoms with van der Waals surface area (Å²) in [6.45, 7) is 4.61. The minimum absolute atomic E-state index is 0.0147. The lowest BCUT2D eigenvalue weighted by Crippen LogP contribution is -2.36. The second kappa shape index (κ2) is 7.42. The minimum atomic E-state index is -0.555. The van der Waals surface area contributed by atoms with Crippen LogP contribution in [0.15, 0.2) is 39.9 Å². The predicted molar refractivity (Wildman–Crippen MR) is 121 cm³/mol. The van der Waals surface area contributed by atoms with Gasteiger partial charge in [-0.25, -0.2) is 0 Å². The van der Waals surface area contributed by atoms with Crippen molar-refractivity contribution in [2.45, 2.75) is 43.6 Å². The van der Waals surface area contributed by atoms with Crippen molar-refractivity contribution in [2.24, 2.45) is 0 Å². The van der Waals surface area contributed by atoms with Gasteiger partial charge in [-0.3, -0.25) is 24.2 Å². The zero-order valence-electron chi connectivity index (χ0n) is 17.4. The van der Waals surface area contributed by atoms with E-state index >= 15 is 0 Å². The number of carbonyl (C=O) groups excluding carboxylic acids is 1. The molecule has 0 spiro atoms. The number of aromatic amines is 2. The van der Waals surface area contributed by atoms with Crippen LogP contribution in [0.3, 0.4) is 0 Å². The third kappa shape index (κ3) is 3.61. The van der Waals surface area contributed by atoms with Crippen molar-refractivity contribution in [3.63, 3.8) is 0 Å². The standard InChI is InChI=1S/C22H24N4O4S/c1-22(2)10-13(7-8-30-22)26-19-17(21(29)25-26)18(31-11-16(27)24-19)14-9-12-5-3-4-6-15(12)23-20(14)28/h3-6,9,13,18H,7-8,10-11H2,1-2H3,(H,23,28)(H,24,27)(H,25,29)/t13-,18+/m1/s1. The number of hydrogen-bond donors (Lipinski definition) is 3. The number of para-hydroxylation sites is 1. The molecule has 3 N–H and O–H groups in total. The summed E-state index contributed by atoms with van der Waals surface area (Å²) >= 11 is 1.29. The van der Waals surface area contributed by atoms with E-state index in [0.29, 0.717) is 30.0 Å². The van der Waals surface area contributed by atoms with Gasteiger partial charge in [0.2, 0.25) is 5.91 Å². The molecule has 2 aromatic heterocycles. The molecule has 1 amide bonds. The molecule has 2 atom stereocenters. The molecule has 0 radical (unpaired) electrons. The van der Waals surface area contributed by atoms with E-state index < -0.39 is 5.25 Å². The molecular formula is C22H24N4O4S. The van der Waals surface area contributed by atoms with Crippen LogP contribution in [0.25, 0.3) is 10.9 Å². The van der Waals surface area contributed by atoms with Crippen molar-refractivity contribution in [1.82, 2.24) is 14.8 Å². The van der Waals surface area contributed by atoms with Gasteiger partial charge in [0.15, 0.2) is 0 Å². The van der Waals surface area contributed by atoms with E-state index in [1.807, 2.05) is 44.2 Å². The van der Waals surface area contributed by atoms with Crippen LogP contribution in [0.1, 0.15) is 49.1 Å². The predicted octanol–water partition coefficient (Wildman–Crippen LogP) is 2.92. The molecule has 31 heavy (non-hydrogen) atoms. The first-order valence-corrected chi connectivity index (χ1v) is 11.4. The molecule has 162 valence electrons. The number of hydrogen-bond acceptors (Lipinski definition) is 5. The van der Waals surface area contributed by atoms with Crippen LogP contribution in [0.5, 0.6) is 0 Å². The summed E-state index contributed by atoms with van der Waals surface area (Å²) in [5.74, 6) is 0.426. The zero-order valence-corrected chi connectivity index (χ0v) is 18.2. The Bertz CT molecular complexity index is 1290. The van der Waals surface area contributed by atoms with Gasteiger partial charge in [-0.05, 0) is 44.2 Å². The van der Waals surface area contributed by atoms with Gasteiger partial charge in [-0.2, -0.15) is 0 Å². The normalized spacial score (nSPS) is 23.2. The lowest BCUT2D eigenvalue weighted by Gasteiger charge is -2.36. The number of aromatic nitrogens is 3. The highest BCUT2D eigenvalue weighted by atomic mass is 32.2. The maximum Gasteiger partial charge on any atom is 0.270 e. The van der Waals surface area contributed by atoms with Gasteiger partial charge in [-0.15, -0.1) is 11.8 Å². The van der Waals surface area contributed by atoms with Crippen molar-refractivity contribution >= 4 is 34.4 Å². The number of nitrogens with zero attached hydrogens (tertiary/aromatic N) is 1. The largest absolute Gasteiger partial charge is 0.375 e. The number of thioether (sulfide) groups is 1. The number of H-pyrrole nitrogens is 2. The first kappa shape index (κ1) is 20.1. The van der Waals surface area contributed by atoms with Crippen LogP contribution >= 0.6 is 11.8 Å². The molecule has 0 saturated carbocycles. The Morgan fingerprint density at radius 3 is 2.77 bits per heavy atom. The fourth-order valence-corrected chi connectivity index (χ4v) is 5.67. The Morgan fingerprint density at radius 2 is 1.97 bits per heavy atom. The van der Waals surface area contributed by atoms with E-state index in [4.69, 9.17) is 4.74 Å². The maximum atomic E-state index is 13.1. The lowest BCUT2D eigenvalue weighted by molar-refractivity contribution is -0.113. The van der Waals surface area contributed by atoms with Gasteiger partial charge in [0.1, 0.15) is 5.82 Å². The topological polar surface area (TPSA) is 109 Å². The number of anilines is 1. The van der Waals surface area contributed by atoms with Crippen LogP contribution in [0.4, 0.5) is 5.82 Å². The Labute approximate surface area is 182 Å². The number of carbonyl (C=O) groups is 1. The molecule has 9 heteroatoms. The molecule has 5 rings (SSSR count). The van der Waals surface area contributed by atoms with E-state index in [1.54, 1.807) is 4.68 Å². The van der Waals surface area contributed by atoms with Crippen LogP contribution in [0.2, 0.25) is 0 Å². The van der Waals surface area contributed by atoms with Crippen LogP contribution in [-0.2, 0) is 9.53 Å². The molecule has 8 nitrogen and oxygen atoms in total. The second-order valence-corrected chi connectivity index (χ2v) is 9.80. The molecule has 0 bridgehead atoms. The molecular weight excluding hydrogens is 416 g/mol. The average Bonchev–Trinajstić information content (AvgIpc) is 2.93. The fraction of sp³-hybridized carbons (Fsp3) is 0.409. The number of fused-ring (bicyclic) bond motifs is 2. The van der Waals surface area contributed by atoms with Crippen molar-refractivity contribution in [1.29, 1.82) is 0 Å². The van der Waals surface area contributed by atoms with Crippen molar-refractivity contribution in [3.8, 4) is 0 Å². The van der Waals surface area contributed by atoms with Gasteiger partial charge < -0.3 is 15.0 Å². The zero-order chi connectivity index (χ0) is 21.8. The Morgan fingerprint density at radius 1 is 1.16 bits per heavy atom. The van der Waals surface area contributed by atoms with E-state index in [1.165, 1.54) is 11.8 Å². The summed E-state index contributed by atoms with van der Waals surface area (Å²) in [6, 6.07) is 9.32. The van der Waals surface area contributed by atoms with E-state index in [2.05, 4.69) is 15.4 Å². The van der Waals surface area contributed by atoms with Crippen LogP contribution in [-0.4, -0.2) is 38.6 Å². The monoisotopic (exact) mass is 440 g/mol. The third-order valence-electron chi connectivity index (χ3n) is 5.96. The van der Waals surface area contributed by atoms with Crippen LogP contribution < -0.4 is 16.4 Å². The number of benzene rings is 1. The molecule has 2 aliphatic heterocycles. The van der Waals surface area contributed by atoms with Gasteiger partial charge in [0.25, 0.3) is 11.1 Å². The number of amides is 1. The molecule has 0 aliphatic carbocycles. The van der Waals surface area contributed by atoms with Crippen LogP contribution in [0, 0.1) is 0 Å². The summed E-state index contributed by atoms with van der Waals surface area (Å²) in [5.41, 5.74) is 0.760. The lowest BCUT2D eigenvalue weighted by atomic mass is 9.94.